The Hall–Kier alpha value is -0.830. The Morgan fingerprint density at radius 1 is 1.60 bits per heavy atom. The molecule has 3 heteroatoms. The molecule has 15 heavy (non-hydrogen) atoms. The Bertz CT molecular complexity index is 254. The van der Waals surface area contributed by atoms with E-state index >= 15 is 0 Å². The first kappa shape index (κ1) is 10.7. The molecule has 0 radical (unpaired) electrons. The van der Waals surface area contributed by atoms with Gasteiger partial charge in [0, 0.05) is 6.42 Å². The summed E-state index contributed by atoms with van der Waals surface area (Å²) < 4.78 is 5.35. The first-order chi connectivity index (χ1) is 7.36. The fourth-order valence-electron chi connectivity index (χ4n) is 2.17. The Morgan fingerprint density at radius 2 is 2.53 bits per heavy atom. The minimum Gasteiger partial charge on any atom is -0.490 e. The lowest BCUT2D eigenvalue weighted by Crippen LogP contribution is -2.14. The summed E-state index contributed by atoms with van der Waals surface area (Å²) in [7, 11) is 0. The second-order valence-electron chi connectivity index (χ2n) is 4.38. The van der Waals surface area contributed by atoms with Gasteiger partial charge in [0.15, 0.2) is 11.5 Å². The van der Waals surface area contributed by atoms with Crippen molar-refractivity contribution in [3.8, 4) is 0 Å². The van der Waals surface area contributed by atoms with Crippen LogP contribution in [0.1, 0.15) is 32.1 Å². The summed E-state index contributed by atoms with van der Waals surface area (Å²) >= 11 is 0. The van der Waals surface area contributed by atoms with E-state index in [1.807, 2.05) is 6.08 Å². The van der Waals surface area contributed by atoms with Crippen molar-refractivity contribution in [2.24, 2.45) is 5.92 Å². The van der Waals surface area contributed by atoms with Gasteiger partial charge in [0.25, 0.3) is 0 Å². The number of carbonyl (C=O) groups is 1. The Labute approximate surface area is 90.9 Å². The average molecular weight is 209 g/mol. The van der Waals surface area contributed by atoms with Crippen molar-refractivity contribution < 1.29 is 9.53 Å². The van der Waals surface area contributed by atoms with Gasteiger partial charge in [-0.1, -0.05) is 0 Å². The third-order valence-electron chi connectivity index (χ3n) is 3.15. The third-order valence-corrected chi connectivity index (χ3v) is 3.15. The van der Waals surface area contributed by atoms with Gasteiger partial charge < -0.3 is 10.1 Å². The fraction of sp³-hybridized carbons (Fsp3) is 0.750. The van der Waals surface area contributed by atoms with Gasteiger partial charge in [-0.3, -0.25) is 4.79 Å². The molecule has 2 aliphatic rings. The van der Waals surface area contributed by atoms with Gasteiger partial charge in [-0.05, 0) is 50.8 Å². The summed E-state index contributed by atoms with van der Waals surface area (Å²) in [5.74, 6) is 1.51. The first-order valence-corrected chi connectivity index (χ1v) is 5.93. The lowest BCUT2D eigenvalue weighted by atomic mass is 10.00. The molecule has 0 amide bonds. The highest BCUT2D eigenvalue weighted by molar-refractivity contribution is 5.93. The van der Waals surface area contributed by atoms with Crippen LogP contribution >= 0.6 is 0 Å². The number of Topliss-reactive ketones (excluding diaryl/α,β-unsaturated/α-hetero) is 1. The maximum atomic E-state index is 11.7. The van der Waals surface area contributed by atoms with Crippen LogP contribution < -0.4 is 5.32 Å². The van der Waals surface area contributed by atoms with E-state index in [-0.39, 0.29) is 5.78 Å². The molecule has 0 saturated carbocycles. The maximum Gasteiger partial charge on any atom is 0.197 e. The smallest absolute Gasteiger partial charge is 0.197 e. The Kier molecular flexibility index (Phi) is 3.78. The average Bonchev–Trinajstić information content (AvgIpc) is 2.80. The molecule has 1 fully saturated rings. The molecule has 84 valence electrons. The Morgan fingerprint density at radius 3 is 3.20 bits per heavy atom. The molecule has 0 aliphatic carbocycles. The quantitative estimate of drug-likeness (QED) is 0.765. The van der Waals surface area contributed by atoms with E-state index in [2.05, 4.69) is 5.32 Å². The van der Waals surface area contributed by atoms with Gasteiger partial charge in [0.1, 0.15) is 0 Å². The van der Waals surface area contributed by atoms with Crippen molar-refractivity contribution >= 4 is 5.78 Å². The molecule has 1 unspecified atom stereocenters. The number of carbonyl (C=O) groups excluding carboxylic acids is 1. The lowest BCUT2D eigenvalue weighted by Gasteiger charge is -2.14. The molecule has 3 nitrogen and oxygen atoms in total. The van der Waals surface area contributed by atoms with Crippen LogP contribution in [-0.4, -0.2) is 25.5 Å². The number of ether oxygens (including phenoxy) is 1. The third kappa shape index (κ3) is 3.06. The zero-order valence-corrected chi connectivity index (χ0v) is 9.13. The summed E-state index contributed by atoms with van der Waals surface area (Å²) in [4.78, 5) is 11.7. The first-order valence-electron chi connectivity index (χ1n) is 5.93. The summed E-state index contributed by atoms with van der Waals surface area (Å²) in [5, 5.41) is 3.32. The second kappa shape index (κ2) is 5.31. The molecule has 1 N–H and O–H groups in total. The van der Waals surface area contributed by atoms with Gasteiger partial charge in [-0.25, -0.2) is 0 Å². The number of allylic oxidation sites excluding steroid dienone is 2. The molecule has 0 aromatic heterocycles. The maximum absolute atomic E-state index is 11.7. The molecule has 1 atom stereocenters. The molecule has 2 rings (SSSR count). The van der Waals surface area contributed by atoms with Crippen molar-refractivity contribution in [1.82, 2.24) is 5.32 Å². The van der Waals surface area contributed by atoms with Gasteiger partial charge >= 0.3 is 0 Å². The van der Waals surface area contributed by atoms with E-state index in [0.29, 0.717) is 24.7 Å². The summed E-state index contributed by atoms with van der Waals surface area (Å²) in [6.45, 7) is 2.90. The number of nitrogens with one attached hydrogen (secondary N) is 1. The normalized spacial score (nSPS) is 25.9. The van der Waals surface area contributed by atoms with Crippen molar-refractivity contribution in [2.45, 2.75) is 32.1 Å². The predicted octanol–water partition coefficient (Wildman–Crippen LogP) is 1.64. The number of hydrogen-bond donors (Lipinski definition) is 1. The predicted molar refractivity (Wildman–Crippen MR) is 58.5 cm³/mol. The Balaban J connectivity index is 1.73. The van der Waals surface area contributed by atoms with Gasteiger partial charge in [0.2, 0.25) is 0 Å². The highest BCUT2D eigenvalue weighted by Gasteiger charge is 2.18. The largest absolute Gasteiger partial charge is 0.490 e. The molecule has 2 aliphatic heterocycles. The van der Waals surface area contributed by atoms with Gasteiger partial charge in [0.05, 0.1) is 6.61 Å². The van der Waals surface area contributed by atoms with E-state index in [4.69, 9.17) is 4.74 Å². The molecule has 0 aromatic carbocycles. The van der Waals surface area contributed by atoms with Crippen molar-refractivity contribution in [3.63, 3.8) is 0 Å². The number of rotatable bonds is 4. The van der Waals surface area contributed by atoms with Crippen LogP contribution in [0.25, 0.3) is 0 Å². The van der Waals surface area contributed by atoms with E-state index in [0.717, 1.165) is 32.4 Å². The molecular weight excluding hydrogens is 190 g/mol. The van der Waals surface area contributed by atoms with Crippen molar-refractivity contribution in [3.05, 3.63) is 11.8 Å². The standard InChI is InChI=1S/C12H19NO2/c14-11(12-3-1-2-8-15-12)5-4-10-6-7-13-9-10/h3,10,13H,1-2,4-9H2. The van der Waals surface area contributed by atoms with Gasteiger partial charge in [-0.2, -0.15) is 0 Å². The molecule has 2 heterocycles. The van der Waals surface area contributed by atoms with Crippen LogP contribution in [0.5, 0.6) is 0 Å². The summed E-state index contributed by atoms with van der Waals surface area (Å²) in [6.07, 6.45) is 6.85. The minimum atomic E-state index is 0.196. The minimum absolute atomic E-state index is 0.196. The summed E-state index contributed by atoms with van der Waals surface area (Å²) in [6, 6.07) is 0. The van der Waals surface area contributed by atoms with Crippen LogP contribution in [0.15, 0.2) is 11.8 Å². The van der Waals surface area contributed by atoms with Crippen LogP contribution in [0.2, 0.25) is 0 Å². The van der Waals surface area contributed by atoms with E-state index < -0.39 is 0 Å². The summed E-state index contributed by atoms with van der Waals surface area (Å²) in [5.41, 5.74) is 0. The molecule has 1 saturated heterocycles. The number of hydrogen-bond acceptors (Lipinski definition) is 3. The van der Waals surface area contributed by atoms with Crippen molar-refractivity contribution in [1.29, 1.82) is 0 Å². The van der Waals surface area contributed by atoms with Crippen LogP contribution in [0.3, 0.4) is 0 Å². The molecular formula is C12H19NO2. The lowest BCUT2D eigenvalue weighted by molar-refractivity contribution is -0.119. The van der Waals surface area contributed by atoms with E-state index in [1.165, 1.54) is 6.42 Å². The van der Waals surface area contributed by atoms with E-state index in [9.17, 15) is 4.79 Å². The number of ketones is 1. The molecule has 0 aromatic rings. The molecule has 0 bridgehead atoms. The van der Waals surface area contributed by atoms with E-state index in [1.54, 1.807) is 0 Å². The van der Waals surface area contributed by atoms with Crippen molar-refractivity contribution in [2.75, 3.05) is 19.7 Å². The van der Waals surface area contributed by atoms with Gasteiger partial charge in [-0.15, -0.1) is 0 Å². The zero-order valence-electron chi connectivity index (χ0n) is 9.13. The topological polar surface area (TPSA) is 38.3 Å². The SMILES string of the molecule is O=C(CCC1CCNC1)C1=CCCCO1. The second-order valence-corrected chi connectivity index (χ2v) is 4.38. The molecule has 0 spiro atoms. The van der Waals surface area contributed by atoms with Crippen LogP contribution in [0.4, 0.5) is 0 Å². The fourth-order valence-corrected chi connectivity index (χ4v) is 2.17. The zero-order chi connectivity index (χ0) is 10.5. The highest BCUT2D eigenvalue weighted by atomic mass is 16.5. The van der Waals surface area contributed by atoms with Crippen LogP contribution in [0, 0.1) is 5.92 Å². The highest BCUT2D eigenvalue weighted by Crippen LogP contribution is 2.18. The van der Waals surface area contributed by atoms with Crippen LogP contribution in [-0.2, 0) is 9.53 Å². The monoisotopic (exact) mass is 209 g/mol.